The minimum Gasteiger partial charge on any atom is -0.342 e. The zero-order chi connectivity index (χ0) is 16.1. The average Bonchev–Trinajstić information content (AvgIpc) is 3.10. The maximum atomic E-state index is 12.9. The molecule has 0 aliphatic carbocycles. The summed E-state index contributed by atoms with van der Waals surface area (Å²) in [4.78, 5) is 19.0. The van der Waals surface area contributed by atoms with E-state index in [1.165, 1.54) is 0 Å². The first-order chi connectivity index (χ1) is 11.3. The number of carbonyl (C=O) groups is 1. The van der Waals surface area contributed by atoms with Gasteiger partial charge in [0.05, 0.1) is 12.2 Å². The minimum absolute atomic E-state index is 0.00130. The normalized spacial score (nSPS) is 17.2. The van der Waals surface area contributed by atoms with Gasteiger partial charge in [-0.1, -0.05) is 37.3 Å². The molecule has 0 bridgehead atoms. The Balaban J connectivity index is 1.57. The molecule has 1 fully saturated rings. The van der Waals surface area contributed by atoms with Crippen molar-refractivity contribution < 1.29 is 4.79 Å². The highest BCUT2D eigenvalue weighted by Gasteiger charge is 2.28. The number of rotatable bonds is 5. The Hall–Kier alpha value is -2.10. The Morgan fingerprint density at radius 3 is 2.61 bits per heavy atom. The van der Waals surface area contributed by atoms with Gasteiger partial charge < -0.3 is 9.47 Å². The summed E-state index contributed by atoms with van der Waals surface area (Å²) < 4.78 is 2.14. The van der Waals surface area contributed by atoms with Gasteiger partial charge in [0.15, 0.2) is 0 Å². The van der Waals surface area contributed by atoms with Gasteiger partial charge in [0.1, 0.15) is 0 Å². The largest absolute Gasteiger partial charge is 0.342 e. The predicted octanol–water partition coefficient (Wildman–Crippen LogP) is 3.32. The van der Waals surface area contributed by atoms with Crippen molar-refractivity contribution in [1.82, 2.24) is 14.5 Å². The van der Waals surface area contributed by atoms with E-state index in [0.717, 1.165) is 44.5 Å². The molecule has 23 heavy (non-hydrogen) atoms. The lowest BCUT2D eigenvalue weighted by Crippen LogP contribution is -2.41. The van der Waals surface area contributed by atoms with E-state index in [0.29, 0.717) is 11.8 Å². The molecule has 1 aliphatic rings. The SMILES string of the molecule is CCC(C(=O)N1CCC(Cn2ccnc2)CC1)c1ccccc1. The number of amides is 1. The highest BCUT2D eigenvalue weighted by molar-refractivity contribution is 5.83. The molecule has 2 aromatic rings. The van der Waals surface area contributed by atoms with E-state index in [4.69, 9.17) is 0 Å². The molecular formula is C19H25N3O. The Kier molecular flexibility index (Phi) is 5.11. The molecule has 1 saturated heterocycles. The maximum absolute atomic E-state index is 12.9. The molecule has 1 unspecified atom stereocenters. The molecule has 1 aromatic carbocycles. The second-order valence-corrected chi connectivity index (χ2v) is 6.40. The summed E-state index contributed by atoms with van der Waals surface area (Å²) >= 11 is 0. The first-order valence-corrected chi connectivity index (χ1v) is 8.57. The molecular weight excluding hydrogens is 286 g/mol. The van der Waals surface area contributed by atoms with Crippen LogP contribution in [0.4, 0.5) is 0 Å². The van der Waals surface area contributed by atoms with Gasteiger partial charge in [0.25, 0.3) is 0 Å². The van der Waals surface area contributed by atoms with Crippen LogP contribution in [0.2, 0.25) is 0 Å². The van der Waals surface area contributed by atoms with E-state index in [1.807, 2.05) is 36.9 Å². The molecule has 0 spiro atoms. The van der Waals surface area contributed by atoms with Crippen molar-refractivity contribution in [1.29, 1.82) is 0 Å². The second kappa shape index (κ2) is 7.44. The van der Waals surface area contributed by atoms with E-state index in [1.54, 1.807) is 0 Å². The number of carbonyl (C=O) groups excluding carboxylic acids is 1. The topological polar surface area (TPSA) is 38.1 Å². The van der Waals surface area contributed by atoms with E-state index in [-0.39, 0.29) is 5.92 Å². The fourth-order valence-corrected chi connectivity index (χ4v) is 3.49. The Morgan fingerprint density at radius 2 is 2.00 bits per heavy atom. The summed E-state index contributed by atoms with van der Waals surface area (Å²) in [5.41, 5.74) is 1.14. The number of hydrogen-bond acceptors (Lipinski definition) is 2. The third kappa shape index (κ3) is 3.81. The van der Waals surface area contributed by atoms with Gasteiger partial charge in [-0.3, -0.25) is 4.79 Å². The second-order valence-electron chi connectivity index (χ2n) is 6.40. The van der Waals surface area contributed by atoms with Gasteiger partial charge in [-0.25, -0.2) is 4.98 Å². The Bertz CT molecular complexity index is 601. The molecule has 122 valence electrons. The van der Waals surface area contributed by atoms with Crippen LogP contribution in [0, 0.1) is 5.92 Å². The van der Waals surface area contributed by atoms with Crippen LogP contribution < -0.4 is 0 Å². The number of piperidine rings is 1. The molecule has 1 aliphatic heterocycles. The summed E-state index contributed by atoms with van der Waals surface area (Å²) in [6.07, 6.45) is 8.73. The Morgan fingerprint density at radius 1 is 1.26 bits per heavy atom. The maximum Gasteiger partial charge on any atom is 0.230 e. The minimum atomic E-state index is 0.00130. The van der Waals surface area contributed by atoms with Crippen molar-refractivity contribution in [2.45, 2.75) is 38.6 Å². The number of imidazole rings is 1. The lowest BCUT2D eigenvalue weighted by atomic mass is 9.92. The molecule has 0 saturated carbocycles. The standard InChI is InChI=1S/C19H25N3O/c1-2-18(17-6-4-3-5-7-17)19(23)22-11-8-16(9-12-22)14-21-13-10-20-15-21/h3-7,10,13,15-16,18H,2,8-9,11-12,14H2,1H3. The molecule has 1 atom stereocenters. The summed E-state index contributed by atoms with van der Waals surface area (Å²) in [6, 6.07) is 10.2. The first kappa shape index (κ1) is 15.8. The molecule has 4 nitrogen and oxygen atoms in total. The van der Waals surface area contributed by atoms with Crippen LogP contribution in [0.5, 0.6) is 0 Å². The average molecular weight is 311 g/mol. The van der Waals surface area contributed by atoms with Crippen LogP contribution in [0.3, 0.4) is 0 Å². The number of likely N-dealkylation sites (tertiary alicyclic amines) is 1. The molecule has 2 heterocycles. The molecule has 4 heteroatoms. The van der Waals surface area contributed by atoms with Gasteiger partial charge in [0, 0.05) is 32.0 Å². The number of hydrogen-bond donors (Lipinski definition) is 0. The third-order valence-corrected chi connectivity index (χ3v) is 4.86. The van der Waals surface area contributed by atoms with Crippen LogP contribution in [0.25, 0.3) is 0 Å². The highest BCUT2D eigenvalue weighted by atomic mass is 16.2. The van der Waals surface area contributed by atoms with Gasteiger partial charge in [-0.15, -0.1) is 0 Å². The monoisotopic (exact) mass is 311 g/mol. The van der Waals surface area contributed by atoms with Crippen molar-refractivity contribution in [2.75, 3.05) is 13.1 Å². The smallest absolute Gasteiger partial charge is 0.230 e. The first-order valence-electron chi connectivity index (χ1n) is 8.57. The van der Waals surface area contributed by atoms with E-state index >= 15 is 0 Å². The number of benzene rings is 1. The van der Waals surface area contributed by atoms with E-state index < -0.39 is 0 Å². The van der Waals surface area contributed by atoms with E-state index in [2.05, 4.69) is 33.5 Å². The van der Waals surface area contributed by atoms with Crippen LogP contribution >= 0.6 is 0 Å². The molecule has 1 amide bonds. The van der Waals surface area contributed by atoms with Crippen molar-refractivity contribution in [3.63, 3.8) is 0 Å². The molecule has 0 N–H and O–H groups in total. The summed E-state index contributed by atoms with van der Waals surface area (Å²) in [6.45, 7) is 4.86. The summed E-state index contributed by atoms with van der Waals surface area (Å²) in [5.74, 6) is 0.936. The van der Waals surface area contributed by atoms with Crippen molar-refractivity contribution in [2.24, 2.45) is 5.92 Å². The van der Waals surface area contributed by atoms with Gasteiger partial charge in [0.2, 0.25) is 5.91 Å². The number of aromatic nitrogens is 2. The highest BCUT2D eigenvalue weighted by Crippen LogP contribution is 2.26. The Labute approximate surface area is 138 Å². The zero-order valence-corrected chi connectivity index (χ0v) is 13.8. The van der Waals surface area contributed by atoms with Crippen molar-refractivity contribution in [3.8, 4) is 0 Å². The zero-order valence-electron chi connectivity index (χ0n) is 13.8. The third-order valence-electron chi connectivity index (χ3n) is 4.86. The lowest BCUT2D eigenvalue weighted by molar-refractivity contribution is -0.134. The summed E-state index contributed by atoms with van der Waals surface area (Å²) in [7, 11) is 0. The fourth-order valence-electron chi connectivity index (χ4n) is 3.49. The van der Waals surface area contributed by atoms with Gasteiger partial charge in [-0.05, 0) is 30.7 Å². The van der Waals surface area contributed by atoms with Crippen LogP contribution in [0.1, 0.15) is 37.7 Å². The van der Waals surface area contributed by atoms with Crippen molar-refractivity contribution >= 4 is 5.91 Å². The molecule has 3 rings (SSSR count). The molecule has 1 aromatic heterocycles. The molecule has 0 radical (unpaired) electrons. The van der Waals surface area contributed by atoms with Crippen LogP contribution in [-0.2, 0) is 11.3 Å². The summed E-state index contributed by atoms with van der Waals surface area (Å²) in [5, 5.41) is 0. The van der Waals surface area contributed by atoms with Crippen LogP contribution in [-0.4, -0.2) is 33.4 Å². The fraction of sp³-hybridized carbons (Fsp3) is 0.474. The van der Waals surface area contributed by atoms with Gasteiger partial charge in [-0.2, -0.15) is 0 Å². The quantitative estimate of drug-likeness (QED) is 0.849. The lowest BCUT2D eigenvalue weighted by Gasteiger charge is -2.34. The number of nitrogens with zero attached hydrogens (tertiary/aromatic N) is 3. The van der Waals surface area contributed by atoms with Gasteiger partial charge >= 0.3 is 0 Å². The predicted molar refractivity (Wildman–Crippen MR) is 91.0 cm³/mol. The van der Waals surface area contributed by atoms with Crippen molar-refractivity contribution in [3.05, 3.63) is 54.6 Å². The van der Waals surface area contributed by atoms with Crippen LogP contribution in [0.15, 0.2) is 49.1 Å². The van der Waals surface area contributed by atoms with E-state index in [9.17, 15) is 4.79 Å².